The Bertz CT molecular complexity index is 1940. The fourth-order valence-corrected chi connectivity index (χ4v) is 6.10. The Balaban J connectivity index is 1.35. The monoisotopic (exact) mass is 719 g/mol. The Morgan fingerprint density at radius 1 is 0.681 bits per heavy atom. The third-order valence-electron chi connectivity index (χ3n) is 6.70. The molecule has 0 saturated carbocycles. The molecule has 0 aliphatic carbocycles. The lowest BCUT2D eigenvalue weighted by Crippen LogP contribution is -2.30. The van der Waals surface area contributed by atoms with Crippen molar-refractivity contribution in [1.29, 1.82) is 0 Å². The zero-order valence-electron chi connectivity index (χ0n) is 24.3. The number of hydrogen-bond donors (Lipinski definition) is 3. The third-order valence-corrected chi connectivity index (χ3v) is 9.37. The highest BCUT2D eigenvalue weighted by atomic mass is 35.5. The van der Waals surface area contributed by atoms with E-state index in [9.17, 15) is 14.4 Å². The van der Waals surface area contributed by atoms with Gasteiger partial charge in [-0.15, -0.1) is 11.8 Å². The summed E-state index contributed by atoms with van der Waals surface area (Å²) >= 11 is 26.3. The van der Waals surface area contributed by atoms with Crippen molar-refractivity contribution in [2.24, 2.45) is 0 Å². The Morgan fingerprint density at radius 2 is 1.36 bits per heavy atom. The van der Waals surface area contributed by atoms with E-state index in [4.69, 9.17) is 46.4 Å². The Labute approximate surface area is 296 Å². The second-order valence-corrected chi connectivity index (χ2v) is 12.8. The van der Waals surface area contributed by atoms with Gasteiger partial charge in [0.1, 0.15) is 10.9 Å². The van der Waals surface area contributed by atoms with Gasteiger partial charge < -0.3 is 16.0 Å². The van der Waals surface area contributed by atoms with Gasteiger partial charge in [0.15, 0.2) is 0 Å². The van der Waals surface area contributed by atoms with Crippen LogP contribution in [-0.4, -0.2) is 17.7 Å². The van der Waals surface area contributed by atoms with Gasteiger partial charge in [0.05, 0.1) is 20.8 Å². The van der Waals surface area contributed by atoms with Crippen molar-refractivity contribution >= 4 is 93.3 Å². The quantitative estimate of drug-likeness (QED) is 0.0990. The van der Waals surface area contributed by atoms with Crippen LogP contribution >= 0.6 is 58.2 Å². The van der Waals surface area contributed by atoms with Gasteiger partial charge in [-0.2, -0.15) is 0 Å². The van der Waals surface area contributed by atoms with Gasteiger partial charge in [0, 0.05) is 21.2 Å². The van der Waals surface area contributed by atoms with Crippen LogP contribution in [0, 0.1) is 0 Å². The molecule has 1 atom stereocenters. The summed E-state index contributed by atoms with van der Waals surface area (Å²) in [6.45, 7) is 0. The predicted octanol–water partition coefficient (Wildman–Crippen LogP) is 10.2. The molecular formula is C36H25Cl4N3O3S. The van der Waals surface area contributed by atoms with Crippen molar-refractivity contribution in [1.82, 2.24) is 5.32 Å². The lowest BCUT2D eigenvalue weighted by atomic mass is 10.1. The molecule has 0 radical (unpaired) electrons. The second kappa shape index (κ2) is 16.0. The van der Waals surface area contributed by atoms with Crippen molar-refractivity contribution in [2.45, 2.75) is 10.1 Å². The van der Waals surface area contributed by atoms with Gasteiger partial charge >= 0.3 is 0 Å². The van der Waals surface area contributed by atoms with Crippen LogP contribution in [0.3, 0.4) is 0 Å². The second-order valence-electron chi connectivity index (χ2n) is 10.0. The summed E-state index contributed by atoms with van der Waals surface area (Å²) < 4.78 is 0. The van der Waals surface area contributed by atoms with Crippen LogP contribution in [0.1, 0.15) is 26.7 Å². The largest absolute Gasteiger partial charge is 0.323 e. The number of hydrogen-bond acceptors (Lipinski definition) is 4. The van der Waals surface area contributed by atoms with E-state index in [1.807, 2.05) is 30.3 Å². The summed E-state index contributed by atoms with van der Waals surface area (Å²) in [4.78, 5) is 40.7. The molecule has 0 spiro atoms. The molecule has 0 aliphatic rings. The van der Waals surface area contributed by atoms with E-state index < -0.39 is 17.1 Å². The number of carbonyl (C=O) groups is 3. The molecular weight excluding hydrogens is 696 g/mol. The molecule has 47 heavy (non-hydrogen) atoms. The molecule has 5 rings (SSSR count). The number of anilines is 2. The minimum Gasteiger partial charge on any atom is -0.323 e. The van der Waals surface area contributed by atoms with Gasteiger partial charge in [-0.25, -0.2) is 0 Å². The maximum absolute atomic E-state index is 13.5. The van der Waals surface area contributed by atoms with E-state index in [0.29, 0.717) is 37.6 Å². The molecule has 0 aromatic heterocycles. The van der Waals surface area contributed by atoms with Gasteiger partial charge in [0.25, 0.3) is 11.8 Å². The molecule has 5 aromatic carbocycles. The summed E-state index contributed by atoms with van der Waals surface area (Å²) in [6, 6.07) is 34.7. The topological polar surface area (TPSA) is 87.3 Å². The van der Waals surface area contributed by atoms with Gasteiger partial charge in [-0.3, -0.25) is 14.4 Å². The van der Waals surface area contributed by atoms with Crippen molar-refractivity contribution < 1.29 is 14.4 Å². The number of rotatable bonds is 10. The Hall–Kier alpha value is -4.24. The highest BCUT2D eigenvalue weighted by Crippen LogP contribution is 2.38. The van der Waals surface area contributed by atoms with Crippen molar-refractivity contribution in [3.8, 4) is 0 Å². The number of amides is 3. The summed E-state index contributed by atoms with van der Waals surface area (Å²) in [5, 5.41) is 9.12. The molecule has 11 heteroatoms. The summed E-state index contributed by atoms with van der Waals surface area (Å²) in [5.74, 6) is -1.33. The zero-order chi connectivity index (χ0) is 33.3. The van der Waals surface area contributed by atoms with Crippen LogP contribution in [0.25, 0.3) is 6.08 Å². The fraction of sp³-hybridized carbons (Fsp3) is 0.0278. The maximum atomic E-state index is 13.5. The maximum Gasteiger partial charge on any atom is 0.272 e. The molecule has 3 N–H and O–H groups in total. The van der Waals surface area contributed by atoms with Crippen LogP contribution < -0.4 is 16.0 Å². The number of benzene rings is 5. The van der Waals surface area contributed by atoms with Crippen molar-refractivity contribution in [3.05, 3.63) is 164 Å². The third kappa shape index (κ3) is 9.19. The summed E-state index contributed by atoms with van der Waals surface area (Å²) in [5.41, 5.74) is 2.44. The molecule has 5 aromatic rings. The van der Waals surface area contributed by atoms with Crippen LogP contribution in [-0.2, 0) is 9.59 Å². The van der Waals surface area contributed by atoms with E-state index >= 15 is 0 Å². The van der Waals surface area contributed by atoms with Crippen molar-refractivity contribution in [2.75, 3.05) is 10.6 Å². The first-order valence-electron chi connectivity index (χ1n) is 14.1. The normalized spacial score (nSPS) is 11.8. The number of thioether (sulfide) groups is 1. The first kappa shape index (κ1) is 34.1. The average Bonchev–Trinajstić information content (AvgIpc) is 3.08. The molecule has 3 amide bonds. The molecule has 0 saturated heterocycles. The molecule has 0 heterocycles. The summed E-state index contributed by atoms with van der Waals surface area (Å²) in [7, 11) is 0. The van der Waals surface area contributed by atoms with E-state index in [1.165, 1.54) is 17.8 Å². The molecule has 0 aliphatic heterocycles. The molecule has 6 nitrogen and oxygen atoms in total. The molecule has 236 valence electrons. The molecule has 0 fully saturated rings. The summed E-state index contributed by atoms with van der Waals surface area (Å²) in [6.07, 6.45) is 1.46. The zero-order valence-corrected chi connectivity index (χ0v) is 28.2. The molecule has 1 unspecified atom stereocenters. The van der Waals surface area contributed by atoms with E-state index in [1.54, 1.807) is 91.0 Å². The van der Waals surface area contributed by atoms with Crippen LogP contribution in [0.15, 0.2) is 132 Å². The highest BCUT2D eigenvalue weighted by Gasteiger charge is 2.23. The van der Waals surface area contributed by atoms with Crippen LogP contribution in [0.2, 0.25) is 20.1 Å². The van der Waals surface area contributed by atoms with Crippen LogP contribution in [0.4, 0.5) is 11.4 Å². The first-order valence-corrected chi connectivity index (χ1v) is 16.5. The Kier molecular flexibility index (Phi) is 11.6. The lowest BCUT2D eigenvalue weighted by molar-refractivity contribution is -0.116. The molecule has 0 bridgehead atoms. The van der Waals surface area contributed by atoms with Crippen LogP contribution in [0.5, 0.6) is 0 Å². The minimum absolute atomic E-state index is 0.0399. The SMILES string of the molecule is O=C(Nc1ccc(SC(C(=O)Nc2cc(Cl)ccc2Cl)c2ccccc2)cc1)/C(=C/c1cccc(Cl)c1Cl)NC(=O)c1ccccc1. The minimum atomic E-state index is -0.628. The number of halogens is 4. The average molecular weight is 721 g/mol. The predicted molar refractivity (Wildman–Crippen MR) is 194 cm³/mol. The van der Waals surface area contributed by atoms with E-state index in [2.05, 4.69) is 16.0 Å². The standard InChI is InChI=1S/C36H25Cl4N3O3S/c37-25-14-19-28(38)30(21-25)42-36(46)33(22-8-3-1-4-9-22)47-27-17-15-26(16-18-27)41-35(45)31(20-24-12-7-13-29(39)32(24)40)43-34(44)23-10-5-2-6-11-23/h1-21,33H,(H,41,45)(H,42,46)(H,43,44)/b31-20-. The first-order chi connectivity index (χ1) is 22.7. The highest BCUT2D eigenvalue weighted by molar-refractivity contribution is 8.00. The van der Waals surface area contributed by atoms with Gasteiger partial charge in [-0.05, 0) is 77.9 Å². The smallest absolute Gasteiger partial charge is 0.272 e. The number of nitrogens with one attached hydrogen (secondary N) is 3. The van der Waals surface area contributed by atoms with Gasteiger partial charge in [0.2, 0.25) is 5.91 Å². The van der Waals surface area contributed by atoms with Crippen molar-refractivity contribution in [3.63, 3.8) is 0 Å². The van der Waals surface area contributed by atoms with E-state index in [-0.39, 0.29) is 16.6 Å². The lowest BCUT2D eigenvalue weighted by Gasteiger charge is -2.18. The number of carbonyl (C=O) groups excluding carboxylic acids is 3. The van der Waals surface area contributed by atoms with E-state index in [0.717, 1.165) is 10.5 Å². The van der Waals surface area contributed by atoms with Gasteiger partial charge in [-0.1, -0.05) is 107 Å². The fourth-order valence-electron chi connectivity index (χ4n) is 4.37. The Morgan fingerprint density at radius 3 is 2.06 bits per heavy atom.